The number of thiazole rings is 1. The molecule has 134 valence electrons. The van der Waals surface area contributed by atoms with Crippen LogP contribution in [0.2, 0.25) is 5.02 Å². The first-order valence-corrected chi connectivity index (χ1v) is 9.62. The predicted octanol–water partition coefficient (Wildman–Crippen LogP) is 4.68. The number of rotatable bonds is 5. The highest BCUT2D eigenvalue weighted by Crippen LogP contribution is 2.38. The molecule has 3 aromatic rings. The lowest BCUT2D eigenvalue weighted by molar-refractivity contribution is -0.116. The predicted molar refractivity (Wildman–Crippen MR) is 104 cm³/mol. The van der Waals surface area contributed by atoms with Gasteiger partial charge in [-0.1, -0.05) is 23.7 Å². The second-order valence-electron chi connectivity index (χ2n) is 5.95. The molecule has 0 fully saturated rings. The zero-order chi connectivity index (χ0) is 17.9. The van der Waals surface area contributed by atoms with Gasteiger partial charge < -0.3 is 14.8 Å². The summed E-state index contributed by atoms with van der Waals surface area (Å²) >= 11 is 7.90. The molecule has 2 heterocycles. The first-order chi connectivity index (χ1) is 12.7. The number of carbonyl (C=O) groups is 1. The van der Waals surface area contributed by atoms with Crippen LogP contribution in [0, 0.1) is 0 Å². The van der Waals surface area contributed by atoms with E-state index in [0.29, 0.717) is 41.8 Å². The molecular weight excluding hydrogens is 372 g/mol. The lowest BCUT2D eigenvalue weighted by atomic mass is 10.2. The van der Waals surface area contributed by atoms with Gasteiger partial charge in [0.25, 0.3) is 0 Å². The Morgan fingerprint density at radius 3 is 2.77 bits per heavy atom. The van der Waals surface area contributed by atoms with Crippen LogP contribution in [0.5, 0.6) is 11.5 Å². The van der Waals surface area contributed by atoms with Crippen LogP contribution in [0.4, 0.5) is 5.69 Å². The molecule has 1 aliphatic rings. The Kier molecular flexibility index (Phi) is 4.95. The third-order valence-electron chi connectivity index (χ3n) is 4.04. The lowest BCUT2D eigenvalue weighted by Gasteiger charge is -2.20. The molecule has 7 heteroatoms. The zero-order valence-electron chi connectivity index (χ0n) is 14.0. The van der Waals surface area contributed by atoms with Gasteiger partial charge in [-0.25, -0.2) is 4.98 Å². The Balaban J connectivity index is 1.34. The number of nitrogens with one attached hydrogen (secondary N) is 1. The largest absolute Gasteiger partial charge is 0.486 e. The van der Waals surface area contributed by atoms with Crippen molar-refractivity contribution in [3.05, 3.63) is 46.4 Å². The molecule has 1 N–H and O–H groups in total. The molecule has 5 nitrogen and oxygen atoms in total. The number of aromatic nitrogens is 1. The van der Waals surface area contributed by atoms with E-state index < -0.39 is 0 Å². The molecule has 2 aromatic carbocycles. The van der Waals surface area contributed by atoms with Crippen LogP contribution in [0.25, 0.3) is 10.2 Å². The molecular formula is C19H17ClN2O3S. The number of fused-ring (bicyclic) bond motifs is 2. The van der Waals surface area contributed by atoms with Gasteiger partial charge >= 0.3 is 0 Å². The molecule has 26 heavy (non-hydrogen) atoms. The second-order valence-corrected chi connectivity index (χ2v) is 7.48. The summed E-state index contributed by atoms with van der Waals surface area (Å²) in [6.45, 7) is 0.991. The number of hydrogen-bond donors (Lipinski definition) is 1. The topological polar surface area (TPSA) is 60.5 Å². The van der Waals surface area contributed by atoms with Crippen LogP contribution in [-0.4, -0.2) is 24.1 Å². The van der Waals surface area contributed by atoms with Crippen molar-refractivity contribution in [3.8, 4) is 11.5 Å². The smallest absolute Gasteiger partial charge is 0.224 e. The molecule has 0 spiro atoms. The number of amides is 1. The molecule has 0 bridgehead atoms. The first kappa shape index (κ1) is 17.1. The summed E-state index contributed by atoms with van der Waals surface area (Å²) in [4.78, 5) is 16.8. The van der Waals surface area contributed by atoms with Gasteiger partial charge in [-0.05, 0) is 25.0 Å². The fourth-order valence-electron chi connectivity index (χ4n) is 2.80. The van der Waals surface area contributed by atoms with Crippen molar-refractivity contribution in [1.29, 1.82) is 0 Å². The van der Waals surface area contributed by atoms with E-state index in [2.05, 4.69) is 16.4 Å². The van der Waals surface area contributed by atoms with E-state index in [1.54, 1.807) is 23.5 Å². The average molecular weight is 389 g/mol. The van der Waals surface area contributed by atoms with Gasteiger partial charge in [0.05, 0.1) is 25.9 Å². The average Bonchev–Trinajstić information content (AvgIpc) is 3.05. The maximum atomic E-state index is 12.2. The monoisotopic (exact) mass is 388 g/mol. The minimum atomic E-state index is -0.0790. The number of carbonyl (C=O) groups excluding carboxylic acids is 1. The molecule has 1 aliphatic heterocycles. The van der Waals surface area contributed by atoms with Gasteiger partial charge in [0.1, 0.15) is 13.2 Å². The van der Waals surface area contributed by atoms with E-state index >= 15 is 0 Å². The molecule has 0 aliphatic carbocycles. The van der Waals surface area contributed by atoms with E-state index in [4.69, 9.17) is 21.1 Å². The molecule has 0 unspecified atom stereocenters. The number of nitrogens with zero attached hydrogens (tertiary/aromatic N) is 1. The molecule has 0 saturated heterocycles. The summed E-state index contributed by atoms with van der Waals surface area (Å²) in [6, 6.07) is 11.4. The Morgan fingerprint density at radius 2 is 1.96 bits per heavy atom. The first-order valence-electron chi connectivity index (χ1n) is 8.42. The Morgan fingerprint density at radius 1 is 1.19 bits per heavy atom. The van der Waals surface area contributed by atoms with Gasteiger partial charge in [-0.3, -0.25) is 4.79 Å². The Bertz CT molecular complexity index is 924. The highest BCUT2D eigenvalue weighted by atomic mass is 35.5. The lowest BCUT2D eigenvalue weighted by Crippen LogP contribution is -2.16. The van der Waals surface area contributed by atoms with Crippen LogP contribution in [-0.2, 0) is 11.2 Å². The van der Waals surface area contributed by atoms with Crippen molar-refractivity contribution in [3.63, 3.8) is 0 Å². The minimum absolute atomic E-state index is 0.0790. The molecule has 0 atom stereocenters. The summed E-state index contributed by atoms with van der Waals surface area (Å²) in [7, 11) is 0. The fraction of sp³-hybridized carbons (Fsp3) is 0.263. The number of aryl methyl sites for hydroxylation is 1. The van der Waals surface area contributed by atoms with Gasteiger partial charge in [-0.15, -0.1) is 11.3 Å². The quantitative estimate of drug-likeness (QED) is 0.689. The van der Waals surface area contributed by atoms with E-state index in [1.807, 2.05) is 18.2 Å². The van der Waals surface area contributed by atoms with Crippen molar-refractivity contribution in [2.24, 2.45) is 0 Å². The molecule has 0 saturated carbocycles. The molecule has 1 amide bonds. The van der Waals surface area contributed by atoms with Crippen LogP contribution >= 0.6 is 22.9 Å². The number of para-hydroxylation sites is 1. The summed E-state index contributed by atoms with van der Waals surface area (Å²) < 4.78 is 12.2. The Labute approximate surface area is 159 Å². The summed E-state index contributed by atoms with van der Waals surface area (Å²) in [6.07, 6.45) is 1.91. The van der Waals surface area contributed by atoms with Gasteiger partial charge in [-0.2, -0.15) is 0 Å². The minimum Gasteiger partial charge on any atom is -0.486 e. The number of ether oxygens (including phenoxy) is 2. The standard InChI is InChI=1S/C19H17ClN2O3S/c20-12-10-15-16(25-9-8-24-15)11-14(12)21-18(23)6-3-7-19-22-13-4-1-2-5-17(13)26-19/h1-2,4-5,10-11H,3,6-9H2,(H,21,23). The van der Waals surface area contributed by atoms with Gasteiger partial charge in [0, 0.05) is 18.6 Å². The second kappa shape index (κ2) is 7.51. The molecule has 4 rings (SSSR count). The van der Waals surface area contributed by atoms with Crippen molar-refractivity contribution < 1.29 is 14.3 Å². The van der Waals surface area contributed by atoms with Crippen LogP contribution in [0.15, 0.2) is 36.4 Å². The summed E-state index contributed by atoms with van der Waals surface area (Å²) in [5.74, 6) is 1.13. The Hall–Kier alpha value is -2.31. The summed E-state index contributed by atoms with van der Waals surface area (Å²) in [5.41, 5.74) is 1.56. The van der Waals surface area contributed by atoms with Crippen LogP contribution in [0.1, 0.15) is 17.8 Å². The molecule has 0 radical (unpaired) electrons. The van der Waals surface area contributed by atoms with Gasteiger partial charge in [0.2, 0.25) is 5.91 Å². The molecule has 1 aromatic heterocycles. The SMILES string of the molecule is O=C(CCCc1nc2ccccc2s1)Nc1cc2c(cc1Cl)OCCO2. The summed E-state index contributed by atoms with van der Waals surface area (Å²) in [5, 5.41) is 4.34. The van der Waals surface area contributed by atoms with Gasteiger partial charge in [0.15, 0.2) is 11.5 Å². The number of anilines is 1. The normalized spacial score (nSPS) is 13.0. The highest BCUT2D eigenvalue weighted by Gasteiger charge is 2.16. The van der Waals surface area contributed by atoms with Crippen molar-refractivity contribution in [1.82, 2.24) is 4.98 Å². The van der Waals surface area contributed by atoms with Crippen molar-refractivity contribution in [2.45, 2.75) is 19.3 Å². The third-order valence-corrected chi connectivity index (χ3v) is 5.45. The van der Waals surface area contributed by atoms with Crippen molar-refractivity contribution >= 4 is 44.7 Å². The fourth-order valence-corrected chi connectivity index (χ4v) is 4.01. The van der Waals surface area contributed by atoms with E-state index in [1.165, 1.54) is 4.70 Å². The zero-order valence-corrected chi connectivity index (χ0v) is 15.5. The number of hydrogen-bond acceptors (Lipinski definition) is 5. The number of halogens is 1. The van der Waals surface area contributed by atoms with E-state index in [0.717, 1.165) is 23.4 Å². The van der Waals surface area contributed by atoms with E-state index in [9.17, 15) is 4.79 Å². The van der Waals surface area contributed by atoms with Crippen LogP contribution < -0.4 is 14.8 Å². The van der Waals surface area contributed by atoms with Crippen molar-refractivity contribution in [2.75, 3.05) is 18.5 Å². The third kappa shape index (κ3) is 3.76. The maximum Gasteiger partial charge on any atom is 0.224 e. The maximum absolute atomic E-state index is 12.2. The van der Waals surface area contributed by atoms with Crippen LogP contribution in [0.3, 0.4) is 0 Å². The highest BCUT2D eigenvalue weighted by molar-refractivity contribution is 7.18. The van der Waals surface area contributed by atoms with E-state index in [-0.39, 0.29) is 5.91 Å². The number of benzene rings is 2.